The Labute approximate surface area is 84.9 Å². The minimum absolute atomic E-state index is 0.0960. The van der Waals surface area contributed by atoms with Crippen LogP contribution in [-0.4, -0.2) is 21.1 Å². The number of carbonyl (C=O) groups is 1. The van der Waals surface area contributed by atoms with Gasteiger partial charge in [0.2, 0.25) is 0 Å². The number of nitro groups is 1. The van der Waals surface area contributed by atoms with Crippen molar-refractivity contribution in [3.05, 3.63) is 39.9 Å². The van der Waals surface area contributed by atoms with E-state index in [0.29, 0.717) is 5.56 Å². The maximum absolute atomic E-state index is 10.3. The molecule has 0 aliphatic heterocycles. The number of benzene rings is 1. The number of aliphatic hydroxyl groups excluding tert-OH is 1. The van der Waals surface area contributed by atoms with Gasteiger partial charge in [0.15, 0.2) is 0 Å². The molecule has 1 aromatic rings. The average molecular weight is 211 g/mol. The summed E-state index contributed by atoms with van der Waals surface area (Å²) in [6, 6.07) is 5.12. The second kappa shape index (κ2) is 4.52. The van der Waals surface area contributed by atoms with Crippen LogP contribution in [0.25, 0.3) is 0 Å². The van der Waals surface area contributed by atoms with E-state index < -0.39 is 23.4 Å². The standard InChI is InChI=1S/C9H9NO5/c11-8(5-9(12)13)6-1-3-7(4-2-6)10(14)15/h1-4,8,11H,5H2,(H,12,13). The van der Waals surface area contributed by atoms with Gasteiger partial charge < -0.3 is 10.2 Å². The number of rotatable bonds is 4. The zero-order valence-corrected chi connectivity index (χ0v) is 7.66. The van der Waals surface area contributed by atoms with Gasteiger partial charge in [-0.25, -0.2) is 0 Å². The fourth-order valence-corrected chi connectivity index (χ4v) is 1.10. The van der Waals surface area contributed by atoms with Crippen molar-refractivity contribution in [2.75, 3.05) is 0 Å². The number of carboxylic acid groups (broad SMARTS) is 1. The van der Waals surface area contributed by atoms with Crippen LogP contribution in [0.4, 0.5) is 5.69 Å². The summed E-state index contributed by atoms with van der Waals surface area (Å²) >= 11 is 0. The van der Waals surface area contributed by atoms with Crippen LogP contribution in [0.15, 0.2) is 24.3 Å². The van der Waals surface area contributed by atoms with Crippen molar-refractivity contribution < 1.29 is 19.9 Å². The predicted molar refractivity (Wildman–Crippen MR) is 50.3 cm³/mol. The molecule has 2 N–H and O–H groups in total. The van der Waals surface area contributed by atoms with E-state index in [0.717, 1.165) is 0 Å². The molecule has 0 amide bonds. The summed E-state index contributed by atoms with van der Waals surface area (Å²) in [5.41, 5.74) is 0.254. The van der Waals surface area contributed by atoms with Crippen molar-refractivity contribution in [1.29, 1.82) is 0 Å². The van der Waals surface area contributed by atoms with Gasteiger partial charge in [0.05, 0.1) is 17.4 Å². The molecule has 0 aliphatic rings. The highest BCUT2D eigenvalue weighted by atomic mass is 16.6. The first kappa shape index (κ1) is 11.1. The minimum Gasteiger partial charge on any atom is -0.481 e. The highest BCUT2D eigenvalue weighted by Gasteiger charge is 2.13. The Morgan fingerprint density at radius 2 is 1.93 bits per heavy atom. The van der Waals surface area contributed by atoms with E-state index in [1.807, 2.05) is 0 Å². The van der Waals surface area contributed by atoms with Crippen LogP contribution in [0, 0.1) is 10.1 Å². The van der Waals surface area contributed by atoms with Crippen LogP contribution >= 0.6 is 0 Å². The lowest BCUT2D eigenvalue weighted by molar-refractivity contribution is -0.384. The van der Waals surface area contributed by atoms with Crippen molar-refractivity contribution in [1.82, 2.24) is 0 Å². The molecule has 80 valence electrons. The molecular formula is C9H9NO5. The Morgan fingerprint density at radius 3 is 2.33 bits per heavy atom. The van der Waals surface area contributed by atoms with E-state index in [4.69, 9.17) is 5.11 Å². The summed E-state index contributed by atoms with van der Waals surface area (Å²) in [5.74, 6) is -1.12. The van der Waals surface area contributed by atoms with Crippen LogP contribution < -0.4 is 0 Å². The topological polar surface area (TPSA) is 101 Å². The van der Waals surface area contributed by atoms with E-state index in [2.05, 4.69) is 0 Å². The van der Waals surface area contributed by atoms with Gasteiger partial charge in [-0.05, 0) is 17.7 Å². The van der Waals surface area contributed by atoms with E-state index in [1.54, 1.807) is 0 Å². The molecule has 1 atom stereocenters. The number of carboxylic acids is 1. The lowest BCUT2D eigenvalue weighted by Gasteiger charge is -2.06. The first-order valence-electron chi connectivity index (χ1n) is 4.15. The van der Waals surface area contributed by atoms with Gasteiger partial charge in [0.1, 0.15) is 0 Å². The van der Waals surface area contributed by atoms with E-state index in [-0.39, 0.29) is 5.69 Å². The Bertz CT molecular complexity index is 373. The SMILES string of the molecule is O=C(O)CC(O)c1ccc([N+](=O)[O-])cc1. The molecular weight excluding hydrogens is 202 g/mol. The van der Waals surface area contributed by atoms with E-state index in [1.165, 1.54) is 24.3 Å². The molecule has 6 nitrogen and oxygen atoms in total. The number of hydrogen-bond acceptors (Lipinski definition) is 4. The van der Waals surface area contributed by atoms with Gasteiger partial charge in [-0.2, -0.15) is 0 Å². The molecule has 0 spiro atoms. The largest absolute Gasteiger partial charge is 0.481 e. The molecule has 1 aromatic carbocycles. The lowest BCUT2D eigenvalue weighted by atomic mass is 10.1. The summed E-state index contributed by atoms with van der Waals surface area (Å²) < 4.78 is 0. The maximum atomic E-state index is 10.3. The van der Waals surface area contributed by atoms with Crippen LogP contribution in [-0.2, 0) is 4.79 Å². The second-order valence-corrected chi connectivity index (χ2v) is 2.96. The fourth-order valence-electron chi connectivity index (χ4n) is 1.10. The highest BCUT2D eigenvalue weighted by Crippen LogP contribution is 2.19. The number of hydrogen-bond donors (Lipinski definition) is 2. The van der Waals surface area contributed by atoms with Crippen LogP contribution in [0.3, 0.4) is 0 Å². The molecule has 1 rings (SSSR count). The molecule has 0 fully saturated rings. The maximum Gasteiger partial charge on any atom is 0.306 e. The summed E-state index contributed by atoms with van der Waals surface area (Å²) in [7, 11) is 0. The van der Waals surface area contributed by atoms with Crippen LogP contribution in [0.2, 0.25) is 0 Å². The zero-order valence-electron chi connectivity index (χ0n) is 7.66. The van der Waals surface area contributed by atoms with Crippen LogP contribution in [0.5, 0.6) is 0 Å². The van der Waals surface area contributed by atoms with Crippen LogP contribution in [0.1, 0.15) is 18.1 Å². The molecule has 0 aliphatic carbocycles. The number of aliphatic hydroxyl groups is 1. The summed E-state index contributed by atoms with van der Waals surface area (Å²) in [4.78, 5) is 20.0. The van der Waals surface area contributed by atoms with Gasteiger partial charge >= 0.3 is 5.97 Å². The number of nitrogens with zero attached hydrogens (tertiary/aromatic N) is 1. The normalized spacial score (nSPS) is 12.1. The monoisotopic (exact) mass is 211 g/mol. The molecule has 0 saturated carbocycles. The highest BCUT2D eigenvalue weighted by molar-refractivity contribution is 5.67. The van der Waals surface area contributed by atoms with Crippen molar-refractivity contribution in [3.8, 4) is 0 Å². The predicted octanol–water partition coefficient (Wildman–Crippen LogP) is 1.10. The summed E-state index contributed by atoms with van der Waals surface area (Å²) in [5, 5.41) is 28.1. The fraction of sp³-hybridized carbons (Fsp3) is 0.222. The first-order valence-corrected chi connectivity index (χ1v) is 4.15. The van der Waals surface area contributed by atoms with Crippen molar-refractivity contribution in [2.45, 2.75) is 12.5 Å². The van der Waals surface area contributed by atoms with Gasteiger partial charge in [0, 0.05) is 12.1 Å². The Kier molecular flexibility index (Phi) is 3.35. The Balaban J connectivity index is 2.79. The Hall–Kier alpha value is -1.95. The third-order valence-corrected chi connectivity index (χ3v) is 1.86. The smallest absolute Gasteiger partial charge is 0.306 e. The zero-order chi connectivity index (χ0) is 11.4. The molecule has 0 bridgehead atoms. The van der Waals surface area contributed by atoms with Gasteiger partial charge in [-0.15, -0.1) is 0 Å². The van der Waals surface area contributed by atoms with E-state index in [9.17, 15) is 20.0 Å². The average Bonchev–Trinajstić information content (AvgIpc) is 2.17. The minimum atomic E-state index is -1.14. The quantitative estimate of drug-likeness (QED) is 0.573. The van der Waals surface area contributed by atoms with Crippen molar-refractivity contribution in [3.63, 3.8) is 0 Å². The number of nitro benzene ring substituents is 1. The molecule has 0 heterocycles. The third-order valence-electron chi connectivity index (χ3n) is 1.86. The lowest BCUT2D eigenvalue weighted by Crippen LogP contribution is -2.05. The molecule has 0 aromatic heterocycles. The van der Waals surface area contributed by atoms with Crippen molar-refractivity contribution >= 4 is 11.7 Å². The van der Waals surface area contributed by atoms with Gasteiger partial charge in [0.25, 0.3) is 5.69 Å². The summed E-state index contributed by atoms with van der Waals surface area (Å²) in [6.07, 6.45) is -1.55. The molecule has 1 unspecified atom stereocenters. The third kappa shape index (κ3) is 3.03. The molecule has 15 heavy (non-hydrogen) atoms. The van der Waals surface area contributed by atoms with E-state index >= 15 is 0 Å². The second-order valence-electron chi connectivity index (χ2n) is 2.96. The number of aliphatic carboxylic acids is 1. The first-order chi connectivity index (χ1) is 7.00. The molecule has 6 heteroatoms. The summed E-state index contributed by atoms with van der Waals surface area (Å²) in [6.45, 7) is 0. The Morgan fingerprint density at radius 1 is 1.40 bits per heavy atom. The van der Waals surface area contributed by atoms with Gasteiger partial charge in [-0.1, -0.05) is 0 Å². The molecule has 0 saturated heterocycles. The van der Waals surface area contributed by atoms with Gasteiger partial charge in [-0.3, -0.25) is 14.9 Å². The van der Waals surface area contributed by atoms with Crippen molar-refractivity contribution in [2.24, 2.45) is 0 Å². The molecule has 0 radical (unpaired) electrons. The number of non-ortho nitro benzene ring substituents is 1.